The lowest BCUT2D eigenvalue weighted by atomic mass is 10.0. The summed E-state index contributed by atoms with van der Waals surface area (Å²) in [5, 5.41) is 13.9. The van der Waals surface area contributed by atoms with Crippen LogP contribution in [0.2, 0.25) is 5.02 Å². The fraction of sp³-hybridized carbons (Fsp3) is 0.538. The van der Waals surface area contributed by atoms with Crippen molar-refractivity contribution < 1.29 is 5.11 Å². The fourth-order valence-electron chi connectivity index (χ4n) is 2.23. The molecular formula is C13H19ClN2O. The summed E-state index contributed by atoms with van der Waals surface area (Å²) in [4.78, 5) is 2.41. The zero-order valence-electron chi connectivity index (χ0n) is 10.2. The van der Waals surface area contributed by atoms with Crippen LogP contribution in [0.25, 0.3) is 0 Å². The highest BCUT2D eigenvalue weighted by Crippen LogP contribution is 2.27. The summed E-state index contributed by atoms with van der Waals surface area (Å²) >= 11 is 6.07. The molecule has 1 fully saturated rings. The molecule has 94 valence electrons. The Labute approximate surface area is 107 Å². The molecule has 1 saturated heterocycles. The van der Waals surface area contributed by atoms with Gasteiger partial charge in [0.15, 0.2) is 0 Å². The summed E-state index contributed by atoms with van der Waals surface area (Å²) in [6.45, 7) is 7.23. The SMILES string of the molecule is Cc1c(Cl)ccc(O)c1CCN1CCNCC1. The molecule has 0 amide bonds. The summed E-state index contributed by atoms with van der Waals surface area (Å²) < 4.78 is 0. The van der Waals surface area contributed by atoms with Crippen LogP contribution in [0.3, 0.4) is 0 Å². The number of nitrogens with zero attached hydrogens (tertiary/aromatic N) is 1. The summed E-state index contributed by atoms with van der Waals surface area (Å²) in [7, 11) is 0. The Bertz CT molecular complexity index is 389. The van der Waals surface area contributed by atoms with Crippen LogP contribution in [0.5, 0.6) is 5.75 Å². The highest BCUT2D eigenvalue weighted by Gasteiger charge is 2.12. The lowest BCUT2D eigenvalue weighted by Crippen LogP contribution is -2.44. The van der Waals surface area contributed by atoms with Crippen LogP contribution in [0.1, 0.15) is 11.1 Å². The van der Waals surface area contributed by atoms with Crippen molar-refractivity contribution >= 4 is 11.6 Å². The Hall–Kier alpha value is -0.770. The van der Waals surface area contributed by atoms with Crippen molar-refractivity contribution in [1.82, 2.24) is 10.2 Å². The molecule has 0 radical (unpaired) electrons. The van der Waals surface area contributed by atoms with E-state index in [9.17, 15) is 5.11 Å². The first kappa shape index (κ1) is 12.7. The van der Waals surface area contributed by atoms with Gasteiger partial charge in [0.05, 0.1) is 0 Å². The molecule has 0 aliphatic carbocycles. The topological polar surface area (TPSA) is 35.5 Å². The lowest BCUT2D eigenvalue weighted by Gasteiger charge is -2.27. The molecule has 0 unspecified atom stereocenters. The largest absolute Gasteiger partial charge is 0.508 e. The van der Waals surface area contributed by atoms with E-state index >= 15 is 0 Å². The van der Waals surface area contributed by atoms with Gasteiger partial charge in [-0.25, -0.2) is 0 Å². The molecule has 1 aliphatic rings. The van der Waals surface area contributed by atoms with Gasteiger partial charge in [0.1, 0.15) is 5.75 Å². The number of phenols is 1. The van der Waals surface area contributed by atoms with Crippen molar-refractivity contribution in [2.75, 3.05) is 32.7 Å². The zero-order valence-corrected chi connectivity index (χ0v) is 10.9. The van der Waals surface area contributed by atoms with Crippen molar-refractivity contribution in [1.29, 1.82) is 0 Å². The molecule has 0 bridgehead atoms. The van der Waals surface area contributed by atoms with Gasteiger partial charge in [-0.05, 0) is 36.6 Å². The second kappa shape index (κ2) is 5.71. The van der Waals surface area contributed by atoms with Crippen molar-refractivity contribution in [3.63, 3.8) is 0 Å². The molecule has 1 heterocycles. The maximum absolute atomic E-state index is 9.86. The normalized spacial score (nSPS) is 17.3. The third-order valence-corrected chi connectivity index (χ3v) is 3.80. The van der Waals surface area contributed by atoms with E-state index in [0.29, 0.717) is 5.75 Å². The first-order valence-corrected chi connectivity index (χ1v) is 6.46. The van der Waals surface area contributed by atoms with E-state index in [1.165, 1.54) is 0 Å². The number of aromatic hydroxyl groups is 1. The number of nitrogens with one attached hydrogen (secondary N) is 1. The second-order valence-corrected chi connectivity index (χ2v) is 4.92. The Balaban J connectivity index is 2.00. The smallest absolute Gasteiger partial charge is 0.119 e. The second-order valence-electron chi connectivity index (χ2n) is 4.51. The predicted molar refractivity (Wildman–Crippen MR) is 70.9 cm³/mol. The quantitative estimate of drug-likeness (QED) is 0.864. The van der Waals surface area contributed by atoms with Gasteiger partial charge in [-0.1, -0.05) is 11.6 Å². The van der Waals surface area contributed by atoms with Crippen LogP contribution in [-0.2, 0) is 6.42 Å². The van der Waals surface area contributed by atoms with E-state index in [-0.39, 0.29) is 0 Å². The maximum atomic E-state index is 9.86. The predicted octanol–water partition coefficient (Wildman–Crippen LogP) is 1.80. The third kappa shape index (κ3) is 3.12. The molecule has 2 N–H and O–H groups in total. The van der Waals surface area contributed by atoms with Gasteiger partial charge in [0.2, 0.25) is 0 Å². The molecular weight excluding hydrogens is 236 g/mol. The van der Waals surface area contributed by atoms with Gasteiger partial charge in [-0.3, -0.25) is 0 Å². The molecule has 1 aliphatic heterocycles. The summed E-state index contributed by atoms with van der Waals surface area (Å²) in [5.74, 6) is 0.363. The Kier molecular flexibility index (Phi) is 4.26. The monoisotopic (exact) mass is 254 g/mol. The molecule has 3 nitrogen and oxygen atoms in total. The average molecular weight is 255 g/mol. The van der Waals surface area contributed by atoms with E-state index in [4.69, 9.17) is 11.6 Å². The van der Waals surface area contributed by atoms with Crippen LogP contribution in [-0.4, -0.2) is 42.7 Å². The summed E-state index contributed by atoms with van der Waals surface area (Å²) in [6, 6.07) is 3.43. The number of hydrogen-bond donors (Lipinski definition) is 2. The van der Waals surface area contributed by atoms with Gasteiger partial charge < -0.3 is 15.3 Å². The van der Waals surface area contributed by atoms with Crippen molar-refractivity contribution in [2.24, 2.45) is 0 Å². The van der Waals surface area contributed by atoms with Crippen molar-refractivity contribution in [2.45, 2.75) is 13.3 Å². The minimum Gasteiger partial charge on any atom is -0.508 e. The van der Waals surface area contributed by atoms with Crippen LogP contribution < -0.4 is 5.32 Å². The molecule has 1 aromatic rings. The summed E-state index contributed by atoms with van der Waals surface area (Å²) in [5.41, 5.74) is 1.98. The molecule has 2 rings (SSSR count). The average Bonchev–Trinajstić information content (AvgIpc) is 2.35. The highest BCUT2D eigenvalue weighted by atomic mass is 35.5. The first-order valence-electron chi connectivity index (χ1n) is 6.08. The van der Waals surface area contributed by atoms with Crippen LogP contribution in [0.4, 0.5) is 0 Å². The number of halogens is 1. The van der Waals surface area contributed by atoms with Gasteiger partial charge in [-0.15, -0.1) is 0 Å². The van der Waals surface area contributed by atoms with Gasteiger partial charge >= 0.3 is 0 Å². The number of phenolic OH excluding ortho intramolecular Hbond substituents is 1. The fourth-order valence-corrected chi connectivity index (χ4v) is 2.41. The first-order chi connectivity index (χ1) is 8.18. The van der Waals surface area contributed by atoms with Gasteiger partial charge in [0, 0.05) is 37.7 Å². The lowest BCUT2D eigenvalue weighted by molar-refractivity contribution is 0.243. The van der Waals surface area contributed by atoms with E-state index in [0.717, 1.165) is 55.3 Å². The minimum atomic E-state index is 0.363. The van der Waals surface area contributed by atoms with Gasteiger partial charge in [0.25, 0.3) is 0 Å². The molecule has 4 heteroatoms. The van der Waals surface area contributed by atoms with E-state index in [2.05, 4.69) is 10.2 Å². The highest BCUT2D eigenvalue weighted by molar-refractivity contribution is 6.31. The molecule has 1 aromatic carbocycles. The molecule has 0 atom stereocenters. The van der Waals surface area contributed by atoms with Crippen molar-refractivity contribution in [3.05, 3.63) is 28.3 Å². The van der Waals surface area contributed by atoms with E-state index in [1.54, 1.807) is 12.1 Å². The number of hydrogen-bond acceptors (Lipinski definition) is 3. The van der Waals surface area contributed by atoms with Crippen molar-refractivity contribution in [3.8, 4) is 5.75 Å². The number of piperazine rings is 1. The van der Waals surface area contributed by atoms with Crippen LogP contribution >= 0.6 is 11.6 Å². The van der Waals surface area contributed by atoms with Crippen LogP contribution in [0, 0.1) is 6.92 Å². The zero-order chi connectivity index (χ0) is 12.3. The molecule has 0 aromatic heterocycles. The molecule has 0 spiro atoms. The molecule has 17 heavy (non-hydrogen) atoms. The third-order valence-electron chi connectivity index (χ3n) is 3.40. The number of rotatable bonds is 3. The Morgan fingerprint density at radius 3 is 2.76 bits per heavy atom. The Morgan fingerprint density at radius 1 is 1.35 bits per heavy atom. The summed E-state index contributed by atoms with van der Waals surface area (Å²) in [6.07, 6.45) is 0.859. The Morgan fingerprint density at radius 2 is 2.06 bits per heavy atom. The van der Waals surface area contributed by atoms with Crippen LogP contribution in [0.15, 0.2) is 12.1 Å². The molecule has 0 saturated carbocycles. The maximum Gasteiger partial charge on any atom is 0.119 e. The van der Waals surface area contributed by atoms with Gasteiger partial charge in [-0.2, -0.15) is 0 Å². The standard InChI is InChI=1S/C13H19ClN2O/c1-10-11(13(17)3-2-12(10)14)4-7-16-8-5-15-6-9-16/h2-3,15,17H,4-9H2,1H3. The minimum absolute atomic E-state index is 0.363. The van der Waals surface area contributed by atoms with E-state index in [1.807, 2.05) is 6.92 Å². The number of benzene rings is 1. The van der Waals surface area contributed by atoms with E-state index < -0.39 is 0 Å².